The monoisotopic (exact) mass is 332 g/mol. The number of nitrogens with two attached hydrogens (primary N) is 1. The molecule has 0 amide bonds. The lowest BCUT2D eigenvalue weighted by Crippen LogP contribution is -2.00. The van der Waals surface area contributed by atoms with Gasteiger partial charge in [0.1, 0.15) is 18.1 Å². The highest BCUT2D eigenvalue weighted by molar-refractivity contribution is 5.80. The molecule has 126 valence electrons. The lowest BCUT2D eigenvalue weighted by molar-refractivity contribution is 0.296. The summed E-state index contributed by atoms with van der Waals surface area (Å²) >= 11 is 0. The zero-order valence-electron chi connectivity index (χ0n) is 14.1. The van der Waals surface area contributed by atoms with Gasteiger partial charge in [0, 0.05) is 5.56 Å². The third-order valence-electron chi connectivity index (χ3n) is 3.88. The first kappa shape index (κ1) is 16.6. The van der Waals surface area contributed by atoms with E-state index in [0.29, 0.717) is 6.61 Å². The quantitative estimate of drug-likeness (QED) is 0.417. The largest absolute Gasteiger partial charge is 0.496 e. The van der Waals surface area contributed by atoms with E-state index in [9.17, 15) is 0 Å². The van der Waals surface area contributed by atoms with Crippen molar-refractivity contribution in [3.05, 3.63) is 83.9 Å². The Kier molecular flexibility index (Phi) is 5.32. The van der Waals surface area contributed by atoms with Gasteiger partial charge in [0.2, 0.25) is 0 Å². The molecule has 0 aliphatic carbocycles. The van der Waals surface area contributed by atoms with Crippen LogP contribution in [-0.4, -0.2) is 13.3 Å². The molecule has 3 aromatic carbocycles. The first-order chi connectivity index (χ1) is 12.3. The summed E-state index contributed by atoms with van der Waals surface area (Å²) in [6.07, 6.45) is 1.59. The second-order valence-electron chi connectivity index (χ2n) is 5.53. The Labute approximate surface area is 147 Å². The van der Waals surface area contributed by atoms with Crippen LogP contribution in [0, 0.1) is 0 Å². The van der Waals surface area contributed by atoms with E-state index >= 15 is 0 Å². The van der Waals surface area contributed by atoms with Crippen molar-refractivity contribution in [3.63, 3.8) is 0 Å². The first-order valence-electron chi connectivity index (χ1n) is 7.98. The van der Waals surface area contributed by atoms with Crippen molar-refractivity contribution in [1.29, 1.82) is 0 Å². The highest BCUT2D eigenvalue weighted by atomic mass is 16.5. The van der Waals surface area contributed by atoms with Gasteiger partial charge in [0.15, 0.2) is 0 Å². The predicted molar refractivity (Wildman–Crippen MR) is 101 cm³/mol. The zero-order chi connectivity index (χ0) is 17.5. The standard InChI is InChI=1S/C21H20N2O2/c1-24-21-12-7-16(14-23-22)13-19(21)15-25-20-10-8-18(9-11-20)17-5-3-2-4-6-17/h2-14H,15,22H2,1H3. The summed E-state index contributed by atoms with van der Waals surface area (Å²) in [5, 5.41) is 3.55. The molecule has 0 heterocycles. The molecule has 0 aliphatic rings. The molecule has 0 bridgehead atoms. The molecule has 0 radical (unpaired) electrons. The van der Waals surface area contributed by atoms with Crippen molar-refractivity contribution in [3.8, 4) is 22.6 Å². The number of nitrogens with zero attached hydrogens (tertiary/aromatic N) is 1. The van der Waals surface area contributed by atoms with Crippen molar-refractivity contribution in [2.45, 2.75) is 6.61 Å². The fraction of sp³-hybridized carbons (Fsp3) is 0.0952. The van der Waals surface area contributed by atoms with Gasteiger partial charge in [-0.05, 0) is 47.0 Å². The average molecular weight is 332 g/mol. The van der Waals surface area contributed by atoms with E-state index in [-0.39, 0.29) is 0 Å². The fourth-order valence-corrected chi connectivity index (χ4v) is 2.61. The van der Waals surface area contributed by atoms with Crippen LogP contribution in [0.25, 0.3) is 11.1 Å². The molecule has 2 N–H and O–H groups in total. The van der Waals surface area contributed by atoms with Crippen LogP contribution in [0.5, 0.6) is 11.5 Å². The molecule has 0 aliphatic heterocycles. The molecule has 0 saturated carbocycles. The Bertz CT molecular complexity index is 844. The number of hydrogen-bond donors (Lipinski definition) is 1. The van der Waals surface area contributed by atoms with E-state index in [0.717, 1.165) is 28.2 Å². The minimum Gasteiger partial charge on any atom is -0.496 e. The highest BCUT2D eigenvalue weighted by Gasteiger charge is 2.06. The average Bonchev–Trinajstić information content (AvgIpc) is 2.68. The van der Waals surface area contributed by atoms with E-state index in [1.165, 1.54) is 5.56 Å². The molecule has 0 atom stereocenters. The molecular formula is C21H20N2O2. The SMILES string of the molecule is COc1ccc(C=NN)cc1COc1ccc(-c2ccccc2)cc1. The fourth-order valence-electron chi connectivity index (χ4n) is 2.61. The molecule has 0 fully saturated rings. The van der Waals surface area contributed by atoms with Crippen LogP contribution in [-0.2, 0) is 6.61 Å². The van der Waals surface area contributed by atoms with Crippen molar-refractivity contribution in [1.82, 2.24) is 0 Å². The van der Waals surface area contributed by atoms with Crippen LogP contribution in [0.2, 0.25) is 0 Å². The first-order valence-corrected chi connectivity index (χ1v) is 7.98. The third-order valence-corrected chi connectivity index (χ3v) is 3.88. The van der Waals surface area contributed by atoms with Crippen molar-refractivity contribution < 1.29 is 9.47 Å². The molecule has 3 rings (SSSR count). The number of benzene rings is 3. The minimum atomic E-state index is 0.403. The maximum atomic E-state index is 5.90. The normalized spacial score (nSPS) is 10.8. The highest BCUT2D eigenvalue weighted by Crippen LogP contribution is 2.24. The Hall–Kier alpha value is -3.27. The number of hydrogen-bond acceptors (Lipinski definition) is 4. The minimum absolute atomic E-state index is 0.403. The molecule has 4 heteroatoms. The van der Waals surface area contributed by atoms with Crippen LogP contribution in [0.4, 0.5) is 0 Å². The number of methoxy groups -OCH3 is 1. The maximum absolute atomic E-state index is 5.90. The lowest BCUT2D eigenvalue weighted by atomic mass is 10.1. The molecule has 0 aromatic heterocycles. The van der Waals surface area contributed by atoms with Gasteiger partial charge in [-0.2, -0.15) is 5.10 Å². The van der Waals surface area contributed by atoms with Gasteiger partial charge in [-0.25, -0.2) is 0 Å². The Morgan fingerprint density at radius 2 is 1.64 bits per heavy atom. The van der Waals surface area contributed by atoms with Crippen LogP contribution in [0.1, 0.15) is 11.1 Å². The van der Waals surface area contributed by atoms with Crippen LogP contribution >= 0.6 is 0 Å². The molecule has 0 saturated heterocycles. The summed E-state index contributed by atoms with van der Waals surface area (Å²) in [5.74, 6) is 6.79. The van der Waals surface area contributed by atoms with Crippen LogP contribution in [0.15, 0.2) is 77.9 Å². The van der Waals surface area contributed by atoms with Gasteiger partial charge in [-0.3, -0.25) is 0 Å². The molecular weight excluding hydrogens is 312 g/mol. The van der Waals surface area contributed by atoms with Gasteiger partial charge in [0.25, 0.3) is 0 Å². The topological polar surface area (TPSA) is 56.8 Å². The van der Waals surface area contributed by atoms with E-state index in [1.54, 1.807) is 13.3 Å². The summed E-state index contributed by atoms with van der Waals surface area (Å²) in [7, 11) is 1.64. The summed E-state index contributed by atoms with van der Waals surface area (Å²) in [4.78, 5) is 0. The van der Waals surface area contributed by atoms with E-state index in [4.69, 9.17) is 15.3 Å². The predicted octanol–water partition coefficient (Wildman–Crippen LogP) is 4.23. The summed E-state index contributed by atoms with van der Waals surface area (Å²) < 4.78 is 11.3. The number of ether oxygens (including phenoxy) is 2. The van der Waals surface area contributed by atoms with E-state index in [1.807, 2.05) is 48.5 Å². The number of rotatable bonds is 6. The smallest absolute Gasteiger partial charge is 0.125 e. The number of hydrazone groups is 1. The zero-order valence-corrected chi connectivity index (χ0v) is 14.1. The van der Waals surface area contributed by atoms with E-state index in [2.05, 4.69) is 29.4 Å². The molecule has 0 unspecified atom stereocenters. The molecule has 0 spiro atoms. The Morgan fingerprint density at radius 1 is 0.920 bits per heavy atom. The van der Waals surface area contributed by atoms with Crippen LogP contribution in [0.3, 0.4) is 0 Å². The van der Waals surface area contributed by atoms with Gasteiger partial charge in [-0.1, -0.05) is 42.5 Å². The summed E-state index contributed by atoms with van der Waals surface area (Å²) in [6.45, 7) is 0.403. The second-order valence-corrected chi connectivity index (χ2v) is 5.53. The van der Waals surface area contributed by atoms with E-state index < -0.39 is 0 Å². The van der Waals surface area contributed by atoms with Gasteiger partial charge >= 0.3 is 0 Å². The summed E-state index contributed by atoms with van der Waals surface area (Å²) in [5.41, 5.74) is 4.18. The van der Waals surface area contributed by atoms with Crippen LogP contribution < -0.4 is 15.3 Å². The Balaban J connectivity index is 1.72. The van der Waals surface area contributed by atoms with Crippen molar-refractivity contribution in [2.24, 2.45) is 10.9 Å². The Morgan fingerprint density at radius 3 is 2.32 bits per heavy atom. The van der Waals surface area contributed by atoms with Gasteiger partial charge in [0.05, 0.1) is 13.3 Å². The molecule has 3 aromatic rings. The molecule has 4 nitrogen and oxygen atoms in total. The van der Waals surface area contributed by atoms with Crippen molar-refractivity contribution in [2.75, 3.05) is 7.11 Å². The van der Waals surface area contributed by atoms with Gasteiger partial charge < -0.3 is 15.3 Å². The summed E-state index contributed by atoms with van der Waals surface area (Å²) in [6, 6.07) is 24.0. The molecule has 25 heavy (non-hydrogen) atoms. The van der Waals surface area contributed by atoms with Crippen molar-refractivity contribution >= 4 is 6.21 Å². The second kappa shape index (κ2) is 8.02. The van der Waals surface area contributed by atoms with Gasteiger partial charge in [-0.15, -0.1) is 0 Å². The maximum Gasteiger partial charge on any atom is 0.125 e. The third kappa shape index (κ3) is 4.18. The lowest BCUT2D eigenvalue weighted by Gasteiger charge is -2.11.